The molecule has 9 heteroatoms. The third-order valence-corrected chi connectivity index (χ3v) is 8.83. The Balaban J connectivity index is 1.56. The number of hydrogen-bond acceptors (Lipinski definition) is 7. The van der Waals surface area contributed by atoms with Crippen molar-refractivity contribution in [3.8, 4) is 0 Å². The Kier molecular flexibility index (Phi) is 7.83. The number of primary amides is 1. The molecule has 202 valence electrons. The van der Waals surface area contributed by atoms with Gasteiger partial charge in [-0.1, -0.05) is 32.6 Å². The fourth-order valence-corrected chi connectivity index (χ4v) is 7.06. The van der Waals surface area contributed by atoms with Crippen LogP contribution in [0.25, 0.3) is 0 Å². The molecule has 3 saturated heterocycles. The first kappa shape index (κ1) is 26.1. The summed E-state index contributed by atoms with van der Waals surface area (Å²) in [6.45, 7) is 5.11. The third-order valence-electron chi connectivity index (χ3n) is 8.83. The average molecular weight is 512 g/mol. The zero-order chi connectivity index (χ0) is 26.1. The van der Waals surface area contributed by atoms with E-state index in [9.17, 15) is 14.4 Å². The Bertz CT molecular complexity index is 1020. The summed E-state index contributed by atoms with van der Waals surface area (Å²) in [5.74, 6) is -1.22. The number of ketones is 1. The van der Waals surface area contributed by atoms with Gasteiger partial charge in [0, 0.05) is 43.5 Å². The number of Topliss-reactive ketones (excluding diaryl/α,β-unsaturated/α-hetero) is 1. The van der Waals surface area contributed by atoms with Crippen LogP contribution >= 0.6 is 0 Å². The van der Waals surface area contributed by atoms with E-state index in [-0.39, 0.29) is 30.8 Å². The molecule has 5 N–H and O–H groups in total. The van der Waals surface area contributed by atoms with Crippen LogP contribution in [-0.2, 0) is 14.3 Å². The zero-order valence-corrected chi connectivity index (χ0v) is 21.9. The molecule has 3 aliphatic heterocycles. The van der Waals surface area contributed by atoms with Crippen molar-refractivity contribution in [1.82, 2.24) is 10.2 Å². The SMILES string of the molecule is CCCC1CNCCN1c1ccc(C(N)=O)c([C@@H](C(=O)N2C[C@H](N)[C@H]3OCC(=O)[C@H]32)C2CCCCC2)c1. The molecule has 4 aliphatic rings. The number of hydrogen-bond donors (Lipinski definition) is 3. The number of likely N-dealkylation sites (tertiary alicyclic amines) is 1. The topological polar surface area (TPSA) is 131 Å². The monoisotopic (exact) mass is 511 g/mol. The highest BCUT2D eigenvalue weighted by molar-refractivity contribution is 5.99. The lowest BCUT2D eigenvalue weighted by atomic mass is 9.74. The first-order chi connectivity index (χ1) is 17.9. The number of benzene rings is 1. The van der Waals surface area contributed by atoms with Crippen LogP contribution in [0.2, 0.25) is 0 Å². The fourth-order valence-electron chi connectivity index (χ4n) is 7.06. The minimum atomic E-state index is -0.643. The maximum Gasteiger partial charge on any atom is 0.249 e. The van der Waals surface area contributed by atoms with Crippen molar-refractivity contribution in [1.29, 1.82) is 0 Å². The van der Waals surface area contributed by atoms with Gasteiger partial charge in [-0.3, -0.25) is 14.4 Å². The van der Waals surface area contributed by atoms with Gasteiger partial charge in [0.1, 0.15) is 18.8 Å². The number of nitrogens with zero attached hydrogens (tertiary/aromatic N) is 2. The summed E-state index contributed by atoms with van der Waals surface area (Å²) in [6.07, 6.45) is 6.72. The lowest BCUT2D eigenvalue weighted by molar-refractivity contribution is -0.139. The van der Waals surface area contributed by atoms with Gasteiger partial charge in [-0.15, -0.1) is 0 Å². The van der Waals surface area contributed by atoms with E-state index >= 15 is 0 Å². The fraction of sp³-hybridized carbons (Fsp3) is 0.679. The molecule has 1 unspecified atom stereocenters. The molecular weight excluding hydrogens is 470 g/mol. The summed E-state index contributed by atoms with van der Waals surface area (Å²) in [6, 6.07) is 5.10. The number of carbonyl (C=O) groups is 3. The predicted molar refractivity (Wildman–Crippen MR) is 141 cm³/mol. The van der Waals surface area contributed by atoms with Crippen molar-refractivity contribution in [2.45, 2.75) is 82.0 Å². The van der Waals surface area contributed by atoms with Crippen LogP contribution in [0.3, 0.4) is 0 Å². The Morgan fingerprint density at radius 1 is 1.22 bits per heavy atom. The number of rotatable bonds is 7. The van der Waals surface area contributed by atoms with Crippen molar-refractivity contribution in [2.75, 3.05) is 37.7 Å². The maximum absolute atomic E-state index is 14.4. The Morgan fingerprint density at radius 3 is 2.73 bits per heavy atom. The number of amides is 2. The van der Waals surface area contributed by atoms with Crippen LogP contribution in [-0.4, -0.2) is 79.5 Å². The van der Waals surface area contributed by atoms with Gasteiger partial charge in [0.15, 0.2) is 5.78 Å². The summed E-state index contributed by atoms with van der Waals surface area (Å²) in [4.78, 5) is 43.8. The number of nitrogens with one attached hydrogen (secondary N) is 1. The van der Waals surface area contributed by atoms with E-state index in [0.717, 1.165) is 70.3 Å². The van der Waals surface area contributed by atoms with Crippen LogP contribution in [0, 0.1) is 5.92 Å². The Morgan fingerprint density at radius 2 is 2.00 bits per heavy atom. The summed E-state index contributed by atoms with van der Waals surface area (Å²) in [5.41, 5.74) is 14.3. The summed E-state index contributed by atoms with van der Waals surface area (Å²) in [5, 5.41) is 3.49. The molecular formula is C28H41N5O4. The van der Waals surface area contributed by atoms with Crippen LogP contribution < -0.4 is 21.7 Å². The van der Waals surface area contributed by atoms with Gasteiger partial charge in [-0.05, 0) is 48.9 Å². The minimum absolute atomic E-state index is 0.00918. The molecule has 5 atom stereocenters. The van der Waals surface area contributed by atoms with Crippen molar-refractivity contribution in [2.24, 2.45) is 17.4 Å². The number of anilines is 1. The van der Waals surface area contributed by atoms with Gasteiger partial charge in [0.05, 0.1) is 12.0 Å². The van der Waals surface area contributed by atoms with E-state index in [1.54, 1.807) is 11.0 Å². The number of ether oxygens (including phenoxy) is 1. The highest BCUT2D eigenvalue weighted by Gasteiger charge is 2.53. The second-order valence-corrected chi connectivity index (χ2v) is 11.2. The summed E-state index contributed by atoms with van der Waals surface area (Å²) < 4.78 is 5.65. The number of piperazine rings is 1. The highest BCUT2D eigenvalue weighted by Crippen LogP contribution is 2.42. The van der Waals surface area contributed by atoms with Crippen LogP contribution in [0.1, 0.15) is 73.7 Å². The quantitative estimate of drug-likeness (QED) is 0.506. The molecule has 1 aromatic rings. The third kappa shape index (κ3) is 5.01. The molecule has 0 radical (unpaired) electrons. The highest BCUT2D eigenvalue weighted by atomic mass is 16.5. The molecule has 1 aromatic carbocycles. The number of carbonyl (C=O) groups excluding carboxylic acids is 3. The van der Waals surface area contributed by atoms with Gasteiger partial charge >= 0.3 is 0 Å². The molecule has 1 saturated carbocycles. The lowest BCUT2D eigenvalue weighted by Gasteiger charge is -2.39. The van der Waals surface area contributed by atoms with Crippen LogP contribution in [0.15, 0.2) is 18.2 Å². The predicted octanol–water partition coefficient (Wildman–Crippen LogP) is 1.53. The van der Waals surface area contributed by atoms with E-state index in [4.69, 9.17) is 16.2 Å². The Hall–Kier alpha value is -2.49. The van der Waals surface area contributed by atoms with Gasteiger partial charge in [0.2, 0.25) is 11.8 Å². The maximum atomic E-state index is 14.4. The van der Waals surface area contributed by atoms with Gasteiger partial charge in [-0.25, -0.2) is 0 Å². The van der Waals surface area contributed by atoms with E-state index in [1.807, 2.05) is 12.1 Å². The van der Waals surface area contributed by atoms with Crippen molar-refractivity contribution in [3.05, 3.63) is 29.3 Å². The number of nitrogens with two attached hydrogens (primary N) is 2. The normalized spacial score (nSPS) is 29.4. The second-order valence-electron chi connectivity index (χ2n) is 11.2. The standard InChI is InChI=1S/C28H41N5O4/c1-2-6-19-14-31-11-12-32(19)18-9-10-20(27(30)35)21(13-18)24(17-7-4-3-5-8-17)28(36)33-15-22(29)26-25(33)23(34)16-37-26/h9-10,13,17,19,22,24-26,31H,2-8,11-12,14-16,29H2,1H3,(H2,30,35)/t19?,22-,24-,25+,26+/m0/s1. The van der Waals surface area contributed by atoms with Crippen LogP contribution in [0.5, 0.6) is 0 Å². The van der Waals surface area contributed by atoms with Gasteiger partial charge in [0.25, 0.3) is 0 Å². The van der Waals surface area contributed by atoms with Crippen molar-refractivity contribution >= 4 is 23.3 Å². The van der Waals surface area contributed by atoms with Gasteiger partial charge < -0.3 is 31.3 Å². The molecule has 0 aromatic heterocycles. The summed E-state index contributed by atoms with van der Waals surface area (Å²) in [7, 11) is 0. The van der Waals surface area contributed by atoms with Gasteiger partial charge in [-0.2, -0.15) is 0 Å². The summed E-state index contributed by atoms with van der Waals surface area (Å²) >= 11 is 0. The number of fused-ring (bicyclic) bond motifs is 1. The average Bonchev–Trinajstić information content (AvgIpc) is 3.45. The van der Waals surface area contributed by atoms with Crippen molar-refractivity contribution in [3.63, 3.8) is 0 Å². The Labute approximate surface area is 219 Å². The zero-order valence-electron chi connectivity index (χ0n) is 21.9. The first-order valence-corrected chi connectivity index (χ1v) is 14.0. The molecule has 2 amide bonds. The minimum Gasteiger partial charge on any atom is -0.366 e. The molecule has 0 spiro atoms. The molecule has 5 rings (SSSR count). The molecule has 37 heavy (non-hydrogen) atoms. The van der Waals surface area contributed by atoms with E-state index in [2.05, 4.69) is 17.1 Å². The van der Waals surface area contributed by atoms with Crippen LogP contribution in [0.4, 0.5) is 5.69 Å². The molecule has 1 aliphatic carbocycles. The molecule has 4 fully saturated rings. The molecule has 0 bridgehead atoms. The largest absolute Gasteiger partial charge is 0.366 e. The van der Waals surface area contributed by atoms with E-state index < -0.39 is 30.0 Å². The van der Waals surface area contributed by atoms with E-state index in [1.165, 1.54) is 0 Å². The van der Waals surface area contributed by atoms with Crippen molar-refractivity contribution < 1.29 is 19.1 Å². The second kappa shape index (κ2) is 11.1. The first-order valence-electron chi connectivity index (χ1n) is 14.0. The lowest BCUT2D eigenvalue weighted by Crippen LogP contribution is -2.51. The molecule has 3 heterocycles. The van der Waals surface area contributed by atoms with E-state index in [0.29, 0.717) is 17.2 Å². The molecule has 9 nitrogen and oxygen atoms in total. The smallest absolute Gasteiger partial charge is 0.249 e.